The molecule has 0 aliphatic carbocycles. The number of aromatic nitrogens is 1. The molecule has 32 heavy (non-hydrogen) atoms. The second-order valence-electron chi connectivity index (χ2n) is 7.17. The number of halogens is 5. The molecule has 1 saturated heterocycles. The number of ether oxygens (including phenoxy) is 2. The van der Waals surface area contributed by atoms with Crippen molar-refractivity contribution in [2.24, 2.45) is 11.7 Å². The minimum Gasteiger partial charge on any atom is -0.493 e. The number of alkyl halides is 3. The Labute approximate surface area is 178 Å². The molecule has 0 saturated carbocycles. The van der Waals surface area contributed by atoms with Crippen LogP contribution in [0.15, 0.2) is 30.5 Å². The van der Waals surface area contributed by atoms with Crippen molar-refractivity contribution in [2.45, 2.75) is 31.2 Å². The van der Waals surface area contributed by atoms with E-state index in [0.29, 0.717) is 0 Å². The van der Waals surface area contributed by atoms with Gasteiger partial charge in [0.15, 0.2) is 17.7 Å². The van der Waals surface area contributed by atoms with E-state index in [9.17, 15) is 31.5 Å². The third kappa shape index (κ3) is 4.35. The molecule has 1 fully saturated rings. The highest BCUT2D eigenvalue weighted by molar-refractivity contribution is 5.97. The maximum absolute atomic E-state index is 14.3. The largest absolute Gasteiger partial charge is 0.493 e. The third-order valence-corrected chi connectivity index (χ3v) is 5.17. The van der Waals surface area contributed by atoms with Crippen molar-refractivity contribution >= 4 is 17.5 Å². The molecule has 2 aromatic rings. The predicted molar refractivity (Wildman–Crippen MR) is 101 cm³/mol. The molecular formula is C20H18F5N3O4. The van der Waals surface area contributed by atoms with Gasteiger partial charge in [0.05, 0.1) is 7.11 Å². The molecule has 0 radical (unpaired) electrons. The Balaban J connectivity index is 2.02. The number of anilines is 1. The molecule has 4 atom stereocenters. The van der Waals surface area contributed by atoms with Gasteiger partial charge in [-0.15, -0.1) is 0 Å². The fourth-order valence-electron chi connectivity index (χ4n) is 3.75. The SMILES string of the molecule is COc1c([C@@H]2[C@H](C)[C@@H](C(F)(F)F)O[C@H]2C(=O)Nc2ccnc(C(N)=O)c2)ccc(F)c1F. The fourth-order valence-corrected chi connectivity index (χ4v) is 3.75. The first-order valence-electron chi connectivity index (χ1n) is 9.26. The van der Waals surface area contributed by atoms with Crippen LogP contribution in [-0.4, -0.2) is 42.3 Å². The van der Waals surface area contributed by atoms with Crippen LogP contribution in [0.25, 0.3) is 0 Å². The Hall–Kier alpha value is -3.28. The van der Waals surface area contributed by atoms with Crippen LogP contribution in [0, 0.1) is 17.6 Å². The van der Waals surface area contributed by atoms with Crippen molar-refractivity contribution < 1.29 is 41.0 Å². The first-order valence-corrected chi connectivity index (χ1v) is 9.26. The Morgan fingerprint density at radius 2 is 1.91 bits per heavy atom. The van der Waals surface area contributed by atoms with Crippen LogP contribution in [-0.2, 0) is 9.53 Å². The monoisotopic (exact) mass is 459 g/mol. The topological polar surface area (TPSA) is 104 Å². The van der Waals surface area contributed by atoms with Gasteiger partial charge in [0, 0.05) is 29.3 Å². The molecule has 1 aromatic heterocycles. The zero-order valence-electron chi connectivity index (χ0n) is 16.7. The van der Waals surface area contributed by atoms with Gasteiger partial charge >= 0.3 is 6.18 Å². The maximum atomic E-state index is 14.3. The molecule has 0 unspecified atom stereocenters. The number of pyridine rings is 1. The van der Waals surface area contributed by atoms with Gasteiger partial charge in [0.1, 0.15) is 11.8 Å². The fraction of sp³-hybridized carbons (Fsp3) is 0.350. The lowest BCUT2D eigenvalue weighted by atomic mass is 9.81. The van der Waals surface area contributed by atoms with Gasteiger partial charge in [-0.3, -0.25) is 14.6 Å². The summed E-state index contributed by atoms with van der Waals surface area (Å²) in [5.41, 5.74) is 4.82. The van der Waals surface area contributed by atoms with Gasteiger partial charge in [-0.05, 0) is 18.2 Å². The van der Waals surface area contributed by atoms with E-state index >= 15 is 0 Å². The minimum atomic E-state index is -4.83. The number of methoxy groups -OCH3 is 1. The summed E-state index contributed by atoms with van der Waals surface area (Å²) in [5, 5.41) is 2.35. The number of rotatable bonds is 5. The number of carbonyl (C=O) groups excluding carboxylic acids is 2. The van der Waals surface area contributed by atoms with E-state index < -0.39 is 59.4 Å². The van der Waals surface area contributed by atoms with E-state index in [0.717, 1.165) is 25.3 Å². The zero-order valence-corrected chi connectivity index (χ0v) is 16.7. The highest BCUT2D eigenvalue weighted by atomic mass is 19.4. The van der Waals surface area contributed by atoms with Crippen LogP contribution < -0.4 is 15.8 Å². The van der Waals surface area contributed by atoms with Crippen LogP contribution in [0.4, 0.5) is 27.6 Å². The zero-order chi connectivity index (χ0) is 23.8. The maximum Gasteiger partial charge on any atom is 0.414 e. The van der Waals surface area contributed by atoms with E-state index in [1.165, 1.54) is 19.2 Å². The lowest BCUT2D eigenvalue weighted by Gasteiger charge is -2.24. The van der Waals surface area contributed by atoms with Crippen molar-refractivity contribution in [3.63, 3.8) is 0 Å². The molecule has 1 aliphatic heterocycles. The number of amides is 2. The third-order valence-electron chi connectivity index (χ3n) is 5.17. The molecule has 2 amide bonds. The summed E-state index contributed by atoms with van der Waals surface area (Å²) >= 11 is 0. The summed E-state index contributed by atoms with van der Waals surface area (Å²) < 4.78 is 78.5. The molecule has 0 spiro atoms. The molecule has 0 bridgehead atoms. The molecule has 1 aromatic carbocycles. The van der Waals surface area contributed by atoms with Crippen molar-refractivity contribution in [2.75, 3.05) is 12.4 Å². The second-order valence-corrected chi connectivity index (χ2v) is 7.17. The van der Waals surface area contributed by atoms with E-state index in [1.807, 2.05) is 0 Å². The van der Waals surface area contributed by atoms with E-state index in [1.54, 1.807) is 0 Å². The Morgan fingerprint density at radius 3 is 2.50 bits per heavy atom. The van der Waals surface area contributed by atoms with E-state index in [4.69, 9.17) is 15.2 Å². The van der Waals surface area contributed by atoms with Gasteiger partial charge in [-0.2, -0.15) is 17.6 Å². The van der Waals surface area contributed by atoms with Gasteiger partial charge in [0.25, 0.3) is 11.8 Å². The number of carbonyl (C=O) groups is 2. The number of primary amides is 1. The number of hydrogen-bond acceptors (Lipinski definition) is 5. The number of nitrogens with one attached hydrogen (secondary N) is 1. The highest BCUT2D eigenvalue weighted by Crippen LogP contribution is 2.49. The van der Waals surface area contributed by atoms with Crippen molar-refractivity contribution in [1.29, 1.82) is 0 Å². The Morgan fingerprint density at radius 1 is 1.22 bits per heavy atom. The van der Waals surface area contributed by atoms with E-state index in [-0.39, 0.29) is 16.9 Å². The van der Waals surface area contributed by atoms with Crippen molar-refractivity contribution in [3.05, 3.63) is 53.4 Å². The van der Waals surface area contributed by atoms with Crippen LogP contribution in [0.5, 0.6) is 5.75 Å². The molecule has 2 heterocycles. The van der Waals surface area contributed by atoms with Crippen molar-refractivity contribution in [3.8, 4) is 5.75 Å². The predicted octanol–water partition coefficient (Wildman–Crippen LogP) is 3.16. The average Bonchev–Trinajstić information content (AvgIpc) is 3.07. The number of hydrogen-bond donors (Lipinski definition) is 2. The van der Waals surface area contributed by atoms with Crippen LogP contribution >= 0.6 is 0 Å². The molecule has 3 rings (SSSR count). The highest BCUT2D eigenvalue weighted by Gasteiger charge is 2.57. The summed E-state index contributed by atoms with van der Waals surface area (Å²) in [5.74, 6) is -7.83. The molecule has 172 valence electrons. The molecule has 3 N–H and O–H groups in total. The van der Waals surface area contributed by atoms with Gasteiger partial charge in [0.2, 0.25) is 5.82 Å². The first-order chi connectivity index (χ1) is 15.0. The molecule has 12 heteroatoms. The lowest BCUT2D eigenvalue weighted by Crippen LogP contribution is -2.35. The summed E-state index contributed by atoms with van der Waals surface area (Å²) in [6.07, 6.45) is -7.74. The summed E-state index contributed by atoms with van der Waals surface area (Å²) in [6.45, 7) is 1.19. The van der Waals surface area contributed by atoms with E-state index in [2.05, 4.69) is 10.3 Å². The number of nitrogens with two attached hydrogens (primary N) is 1. The van der Waals surface area contributed by atoms with Crippen molar-refractivity contribution in [1.82, 2.24) is 4.98 Å². The molecular weight excluding hydrogens is 441 g/mol. The Bertz CT molecular complexity index is 1050. The van der Waals surface area contributed by atoms with Gasteiger partial charge < -0.3 is 20.5 Å². The van der Waals surface area contributed by atoms with Gasteiger partial charge in [-0.25, -0.2) is 4.39 Å². The van der Waals surface area contributed by atoms with Crippen LogP contribution in [0.2, 0.25) is 0 Å². The average molecular weight is 459 g/mol. The standard InChI is InChI=1S/C20H18F5N3O4/c1-8-13(10-3-4-11(21)14(22)15(10)31-2)16(32-17(8)20(23,24)25)19(30)28-9-5-6-27-12(7-9)18(26)29/h3-8,13,16-17H,1-2H3,(H2,26,29)(H,27,28,30)/t8-,13-,16+,17-/m0/s1. The number of nitrogens with zero attached hydrogens (tertiary/aromatic N) is 1. The van der Waals surface area contributed by atoms with Crippen LogP contribution in [0.1, 0.15) is 28.9 Å². The molecule has 7 nitrogen and oxygen atoms in total. The first kappa shape index (κ1) is 23.4. The smallest absolute Gasteiger partial charge is 0.414 e. The summed E-state index contributed by atoms with van der Waals surface area (Å²) in [4.78, 5) is 27.9. The Kier molecular flexibility index (Phi) is 6.35. The summed E-state index contributed by atoms with van der Waals surface area (Å²) in [7, 11) is 1.03. The van der Waals surface area contributed by atoms with Crippen LogP contribution in [0.3, 0.4) is 0 Å². The quantitative estimate of drug-likeness (QED) is 0.669. The normalized spacial score (nSPS) is 23.1. The van der Waals surface area contributed by atoms with Gasteiger partial charge in [-0.1, -0.05) is 13.0 Å². The number of benzene rings is 1. The summed E-state index contributed by atoms with van der Waals surface area (Å²) in [6, 6.07) is 4.21. The second kappa shape index (κ2) is 8.69. The molecule has 1 aliphatic rings. The minimum absolute atomic E-state index is 0.0292. The lowest BCUT2D eigenvalue weighted by molar-refractivity contribution is -0.221.